The fourth-order valence-electron chi connectivity index (χ4n) is 3.99. The van der Waals surface area contributed by atoms with Crippen LogP contribution in [0.5, 0.6) is 5.75 Å². The number of imide groups is 1. The third-order valence-electron chi connectivity index (χ3n) is 6.11. The van der Waals surface area contributed by atoms with Gasteiger partial charge in [-0.1, -0.05) is 64.4 Å². The Kier molecular flexibility index (Phi) is 8.84. The van der Waals surface area contributed by atoms with Crippen molar-refractivity contribution in [1.82, 2.24) is 10.2 Å². The largest absolute Gasteiger partial charge is 0.491 e. The van der Waals surface area contributed by atoms with E-state index < -0.39 is 42.6 Å². The van der Waals surface area contributed by atoms with Crippen molar-refractivity contribution in [3.8, 4) is 5.75 Å². The Morgan fingerprint density at radius 3 is 2.35 bits per heavy atom. The van der Waals surface area contributed by atoms with Crippen molar-refractivity contribution >= 4 is 35.1 Å². The highest BCUT2D eigenvalue weighted by Gasteiger charge is 2.46. The maximum atomic E-state index is 13.3. The minimum absolute atomic E-state index is 0.0865. The van der Waals surface area contributed by atoms with Crippen molar-refractivity contribution in [3.05, 3.63) is 58.6 Å². The summed E-state index contributed by atoms with van der Waals surface area (Å²) in [7, 11) is 0. The zero-order valence-corrected chi connectivity index (χ0v) is 22.4. The standard InChI is InChI=1S/C27H34ClN3O6/c1-15(2)23(24(34)29-21-11-8-17(12-20(21)28)27(3,4)5)31-25(35)22(30-26(31)36)16-6-9-19(10-7-16)37-14-18(33)13-32/h6-12,15,18,22-23,32-33H,13-14H2,1-5H3,(H,29,34)(H,30,36)/t18-,22-,23+/m1/s1. The number of aliphatic hydroxyl groups is 2. The normalized spacial score (nSPS) is 17.5. The highest BCUT2D eigenvalue weighted by molar-refractivity contribution is 6.33. The fourth-order valence-corrected chi connectivity index (χ4v) is 4.22. The molecule has 1 fully saturated rings. The Hall–Kier alpha value is -3.14. The van der Waals surface area contributed by atoms with E-state index >= 15 is 0 Å². The molecule has 3 atom stereocenters. The maximum Gasteiger partial charge on any atom is 0.325 e. The van der Waals surface area contributed by atoms with Gasteiger partial charge in [0.2, 0.25) is 5.91 Å². The summed E-state index contributed by atoms with van der Waals surface area (Å²) in [4.78, 5) is 40.5. The number of anilines is 1. The second-order valence-electron chi connectivity index (χ2n) is 10.4. The summed E-state index contributed by atoms with van der Waals surface area (Å²) in [6.45, 7) is 9.18. The smallest absolute Gasteiger partial charge is 0.325 e. The first-order chi connectivity index (χ1) is 17.3. The molecular weight excluding hydrogens is 498 g/mol. The SMILES string of the molecule is CC(C)[C@@H](C(=O)Nc1ccc(C(C)(C)C)cc1Cl)N1C(=O)N[C@H](c2ccc(OC[C@H](O)CO)cc2)C1=O. The van der Waals surface area contributed by atoms with Gasteiger partial charge in [-0.05, 0) is 46.7 Å². The lowest BCUT2D eigenvalue weighted by Gasteiger charge is -2.28. The van der Waals surface area contributed by atoms with Gasteiger partial charge >= 0.3 is 6.03 Å². The van der Waals surface area contributed by atoms with Crippen LogP contribution in [0, 0.1) is 5.92 Å². The van der Waals surface area contributed by atoms with Gasteiger partial charge in [-0.2, -0.15) is 0 Å². The third-order valence-corrected chi connectivity index (χ3v) is 6.42. The first-order valence-electron chi connectivity index (χ1n) is 12.1. The molecule has 3 rings (SSSR count). The lowest BCUT2D eigenvalue weighted by atomic mass is 9.87. The van der Waals surface area contributed by atoms with Crippen LogP contribution in [0.25, 0.3) is 0 Å². The highest BCUT2D eigenvalue weighted by atomic mass is 35.5. The number of nitrogens with one attached hydrogen (secondary N) is 2. The number of hydrogen-bond acceptors (Lipinski definition) is 6. The number of nitrogens with zero attached hydrogens (tertiary/aromatic N) is 1. The van der Waals surface area contributed by atoms with E-state index in [2.05, 4.69) is 31.4 Å². The molecule has 9 nitrogen and oxygen atoms in total. The van der Waals surface area contributed by atoms with Crippen molar-refractivity contribution in [2.24, 2.45) is 5.92 Å². The lowest BCUT2D eigenvalue weighted by molar-refractivity contribution is -0.135. The van der Waals surface area contributed by atoms with Crippen molar-refractivity contribution in [2.75, 3.05) is 18.5 Å². The zero-order valence-electron chi connectivity index (χ0n) is 21.6. The predicted octanol–water partition coefficient (Wildman–Crippen LogP) is 3.63. The van der Waals surface area contributed by atoms with Crippen molar-refractivity contribution in [1.29, 1.82) is 0 Å². The number of rotatable bonds is 9. The lowest BCUT2D eigenvalue weighted by Crippen LogP contribution is -2.50. The van der Waals surface area contributed by atoms with Gasteiger partial charge in [0.1, 0.15) is 30.5 Å². The summed E-state index contributed by atoms with van der Waals surface area (Å²) in [5.74, 6) is -0.999. The van der Waals surface area contributed by atoms with E-state index in [1.807, 2.05) is 6.07 Å². The monoisotopic (exact) mass is 531 g/mol. The molecular formula is C27H34ClN3O6. The van der Waals surface area contributed by atoms with Gasteiger partial charge in [0.25, 0.3) is 5.91 Å². The molecule has 0 spiro atoms. The van der Waals surface area contributed by atoms with E-state index in [1.54, 1.807) is 50.2 Å². The molecule has 37 heavy (non-hydrogen) atoms. The van der Waals surface area contributed by atoms with Crippen LogP contribution < -0.4 is 15.4 Å². The van der Waals surface area contributed by atoms with E-state index in [0.717, 1.165) is 10.5 Å². The predicted molar refractivity (Wildman–Crippen MR) is 141 cm³/mol. The van der Waals surface area contributed by atoms with Crippen LogP contribution in [0.1, 0.15) is 51.8 Å². The molecule has 0 radical (unpaired) electrons. The number of aliphatic hydroxyl groups excluding tert-OH is 2. The van der Waals surface area contributed by atoms with E-state index in [4.69, 9.17) is 21.4 Å². The number of carbonyl (C=O) groups is 3. The Morgan fingerprint density at radius 1 is 1.16 bits per heavy atom. The Bertz CT molecular complexity index is 1150. The molecule has 0 unspecified atom stereocenters. The van der Waals surface area contributed by atoms with Gasteiger partial charge in [0.05, 0.1) is 17.3 Å². The average Bonchev–Trinajstić information content (AvgIpc) is 3.12. The molecule has 0 saturated carbocycles. The molecule has 4 N–H and O–H groups in total. The second kappa shape index (κ2) is 11.5. The first kappa shape index (κ1) is 28.4. The molecule has 1 aliphatic rings. The van der Waals surface area contributed by atoms with Crippen LogP contribution in [0.2, 0.25) is 5.02 Å². The van der Waals surface area contributed by atoms with Crippen LogP contribution in [0.4, 0.5) is 10.5 Å². The Morgan fingerprint density at radius 2 is 1.81 bits per heavy atom. The van der Waals surface area contributed by atoms with Gasteiger partial charge < -0.3 is 25.6 Å². The van der Waals surface area contributed by atoms with Crippen LogP contribution in [-0.4, -0.2) is 58.3 Å². The minimum Gasteiger partial charge on any atom is -0.491 e. The molecule has 2 aromatic carbocycles. The quantitative estimate of drug-likeness (QED) is 0.366. The summed E-state index contributed by atoms with van der Waals surface area (Å²) in [5.41, 5.74) is 1.80. The van der Waals surface area contributed by atoms with E-state index in [9.17, 15) is 19.5 Å². The third kappa shape index (κ3) is 6.60. The molecule has 1 aliphatic heterocycles. The van der Waals surface area contributed by atoms with Gasteiger partial charge in [-0.15, -0.1) is 0 Å². The maximum absolute atomic E-state index is 13.3. The number of hydrogen-bond donors (Lipinski definition) is 4. The number of carbonyl (C=O) groups excluding carboxylic acids is 3. The van der Waals surface area contributed by atoms with Gasteiger partial charge in [-0.3, -0.25) is 9.59 Å². The molecule has 0 aromatic heterocycles. The fraction of sp³-hybridized carbons (Fsp3) is 0.444. The Balaban J connectivity index is 1.77. The first-order valence-corrected chi connectivity index (χ1v) is 12.5. The summed E-state index contributed by atoms with van der Waals surface area (Å²) in [6.07, 6.45) is -1.01. The molecule has 1 heterocycles. The number of amides is 4. The molecule has 10 heteroatoms. The Labute approximate surface area is 221 Å². The van der Waals surface area contributed by atoms with Crippen LogP contribution in [0.15, 0.2) is 42.5 Å². The molecule has 0 bridgehead atoms. The van der Waals surface area contributed by atoms with Gasteiger partial charge in [-0.25, -0.2) is 9.69 Å². The van der Waals surface area contributed by atoms with Crippen LogP contribution in [-0.2, 0) is 15.0 Å². The molecule has 200 valence electrons. The molecule has 0 aliphatic carbocycles. The summed E-state index contributed by atoms with van der Waals surface area (Å²) in [6, 6.07) is 9.14. The summed E-state index contributed by atoms with van der Waals surface area (Å²) in [5, 5.41) is 24.1. The van der Waals surface area contributed by atoms with Crippen LogP contribution >= 0.6 is 11.6 Å². The van der Waals surface area contributed by atoms with E-state index in [0.29, 0.717) is 22.0 Å². The van der Waals surface area contributed by atoms with Crippen molar-refractivity contribution in [2.45, 2.75) is 58.2 Å². The number of benzene rings is 2. The molecule has 1 saturated heterocycles. The number of urea groups is 1. The zero-order chi connectivity index (χ0) is 27.5. The van der Waals surface area contributed by atoms with Gasteiger partial charge in [0.15, 0.2) is 0 Å². The molecule has 2 aromatic rings. The van der Waals surface area contributed by atoms with E-state index in [1.165, 1.54) is 0 Å². The topological polar surface area (TPSA) is 128 Å². The number of halogens is 1. The van der Waals surface area contributed by atoms with Crippen molar-refractivity contribution < 1.29 is 29.3 Å². The van der Waals surface area contributed by atoms with E-state index in [-0.39, 0.29) is 17.9 Å². The average molecular weight is 532 g/mol. The highest BCUT2D eigenvalue weighted by Crippen LogP contribution is 2.31. The van der Waals surface area contributed by atoms with Crippen molar-refractivity contribution in [3.63, 3.8) is 0 Å². The van der Waals surface area contributed by atoms with Gasteiger partial charge in [0, 0.05) is 0 Å². The summed E-state index contributed by atoms with van der Waals surface area (Å²) < 4.78 is 5.38. The van der Waals surface area contributed by atoms with Crippen LogP contribution in [0.3, 0.4) is 0 Å². The minimum atomic E-state index is -1.06. The second-order valence-corrected chi connectivity index (χ2v) is 10.8. The summed E-state index contributed by atoms with van der Waals surface area (Å²) >= 11 is 6.43. The molecule has 4 amide bonds. The number of ether oxygens (including phenoxy) is 1.